The molecule has 0 saturated heterocycles. The molecule has 2 rings (SSSR count). The van der Waals surface area contributed by atoms with Crippen molar-refractivity contribution in [2.24, 2.45) is 0 Å². The number of nitrogens with zero attached hydrogens (tertiary/aromatic N) is 1. The number of hydrogen-bond donors (Lipinski definition) is 1. The number of nitrogens with one attached hydrogen (secondary N) is 1. The first-order valence-electron chi connectivity index (χ1n) is 4.94. The topological polar surface area (TPSA) is 42.0 Å². The fraction of sp³-hybridized carbons (Fsp3) is 0. The van der Waals surface area contributed by atoms with Crippen LogP contribution in [0.4, 0.5) is 14.5 Å². The van der Waals surface area contributed by atoms with E-state index in [9.17, 15) is 13.6 Å². The summed E-state index contributed by atoms with van der Waals surface area (Å²) in [7, 11) is 0. The lowest BCUT2D eigenvalue weighted by atomic mass is 10.2. The van der Waals surface area contributed by atoms with Gasteiger partial charge in [-0.15, -0.1) is 0 Å². The maximum atomic E-state index is 13.0. The second-order valence-electron chi connectivity index (χ2n) is 3.44. The van der Waals surface area contributed by atoms with Crippen molar-refractivity contribution in [2.75, 3.05) is 5.32 Å². The van der Waals surface area contributed by atoms with Crippen LogP contribution in [-0.4, -0.2) is 10.9 Å². The van der Waals surface area contributed by atoms with Crippen molar-refractivity contribution in [3.05, 3.63) is 58.9 Å². The molecule has 18 heavy (non-hydrogen) atoms. The lowest BCUT2D eigenvalue weighted by molar-refractivity contribution is 0.102. The molecule has 0 fully saturated rings. The van der Waals surface area contributed by atoms with Gasteiger partial charge in [-0.1, -0.05) is 11.6 Å². The van der Waals surface area contributed by atoms with Gasteiger partial charge in [0.05, 0.1) is 10.6 Å². The van der Waals surface area contributed by atoms with Crippen LogP contribution in [0.1, 0.15) is 10.4 Å². The molecule has 0 aliphatic carbocycles. The molecule has 92 valence electrons. The molecule has 0 spiro atoms. The van der Waals surface area contributed by atoms with Crippen LogP contribution in [0.5, 0.6) is 0 Å². The molecule has 1 amide bonds. The summed E-state index contributed by atoms with van der Waals surface area (Å²) in [5.74, 6) is -2.84. The smallest absolute Gasteiger partial charge is 0.257 e. The van der Waals surface area contributed by atoms with Crippen LogP contribution in [0.25, 0.3) is 0 Å². The number of pyridine rings is 1. The number of benzene rings is 1. The normalized spacial score (nSPS) is 10.2. The summed E-state index contributed by atoms with van der Waals surface area (Å²) < 4.78 is 25.9. The van der Waals surface area contributed by atoms with Gasteiger partial charge in [-0.3, -0.25) is 9.78 Å². The van der Waals surface area contributed by atoms with Crippen molar-refractivity contribution in [1.29, 1.82) is 0 Å². The number of halogens is 3. The highest BCUT2D eigenvalue weighted by molar-refractivity contribution is 6.34. The molecule has 3 nitrogen and oxygen atoms in total. The molecule has 0 aliphatic heterocycles. The zero-order chi connectivity index (χ0) is 13.1. The Morgan fingerprint density at radius 1 is 1.17 bits per heavy atom. The van der Waals surface area contributed by atoms with Gasteiger partial charge >= 0.3 is 0 Å². The molecule has 0 saturated carbocycles. The van der Waals surface area contributed by atoms with Gasteiger partial charge in [0.15, 0.2) is 11.6 Å². The van der Waals surface area contributed by atoms with E-state index in [0.717, 1.165) is 12.1 Å². The summed E-state index contributed by atoms with van der Waals surface area (Å²) in [4.78, 5) is 15.6. The molecule has 1 heterocycles. The van der Waals surface area contributed by atoms with Crippen LogP contribution >= 0.6 is 11.6 Å². The van der Waals surface area contributed by atoms with E-state index in [1.165, 1.54) is 12.4 Å². The first kappa shape index (κ1) is 12.4. The van der Waals surface area contributed by atoms with E-state index < -0.39 is 17.5 Å². The van der Waals surface area contributed by atoms with Crippen molar-refractivity contribution in [2.45, 2.75) is 0 Å². The van der Waals surface area contributed by atoms with Gasteiger partial charge in [0.1, 0.15) is 0 Å². The Kier molecular flexibility index (Phi) is 3.53. The minimum absolute atomic E-state index is 0.132. The van der Waals surface area contributed by atoms with Crippen LogP contribution in [0.3, 0.4) is 0 Å². The molecule has 0 atom stereocenters. The van der Waals surface area contributed by atoms with Gasteiger partial charge < -0.3 is 5.32 Å². The zero-order valence-electron chi connectivity index (χ0n) is 8.95. The maximum absolute atomic E-state index is 13.0. The number of hydrogen-bond acceptors (Lipinski definition) is 2. The average Bonchev–Trinajstić information content (AvgIpc) is 2.35. The first-order valence-corrected chi connectivity index (χ1v) is 5.31. The molecule has 0 radical (unpaired) electrons. The number of anilines is 1. The van der Waals surface area contributed by atoms with Crippen molar-refractivity contribution in [3.8, 4) is 0 Å². The molecule has 0 unspecified atom stereocenters. The molecule has 1 aromatic heterocycles. The molecule has 0 aliphatic rings. The van der Waals surface area contributed by atoms with Crippen LogP contribution in [0, 0.1) is 11.6 Å². The number of carbonyl (C=O) groups is 1. The van der Waals surface area contributed by atoms with Gasteiger partial charge in [0, 0.05) is 18.1 Å². The van der Waals surface area contributed by atoms with E-state index >= 15 is 0 Å². The number of rotatable bonds is 2. The van der Waals surface area contributed by atoms with Gasteiger partial charge in [0.25, 0.3) is 5.91 Å². The molecule has 1 aromatic carbocycles. The Labute approximate surface area is 106 Å². The number of carbonyl (C=O) groups excluding carboxylic acids is 1. The van der Waals surface area contributed by atoms with Gasteiger partial charge in [-0.2, -0.15) is 0 Å². The zero-order valence-corrected chi connectivity index (χ0v) is 9.71. The molecule has 6 heteroatoms. The number of amides is 1. The van der Waals surface area contributed by atoms with E-state index in [-0.39, 0.29) is 10.6 Å². The Morgan fingerprint density at radius 2 is 1.78 bits per heavy atom. The predicted molar refractivity (Wildman–Crippen MR) is 63.6 cm³/mol. The summed E-state index contributed by atoms with van der Waals surface area (Å²) in [6.45, 7) is 0. The minimum atomic E-state index is -1.13. The third kappa shape index (κ3) is 2.62. The van der Waals surface area contributed by atoms with Gasteiger partial charge in [-0.05, 0) is 24.3 Å². The Bertz CT molecular complexity index is 590. The van der Waals surface area contributed by atoms with E-state index in [1.807, 2.05) is 0 Å². The molecule has 1 N–H and O–H groups in total. The van der Waals surface area contributed by atoms with Crippen LogP contribution in [0.2, 0.25) is 5.02 Å². The lowest BCUT2D eigenvalue weighted by Crippen LogP contribution is -2.13. The summed E-state index contributed by atoms with van der Waals surface area (Å²) in [5, 5.41) is 2.34. The quantitative estimate of drug-likeness (QED) is 0.850. The highest BCUT2D eigenvalue weighted by Gasteiger charge is 2.15. The number of aromatic nitrogens is 1. The van der Waals surface area contributed by atoms with Crippen molar-refractivity contribution < 1.29 is 13.6 Å². The average molecular weight is 269 g/mol. The Morgan fingerprint density at radius 3 is 2.44 bits per heavy atom. The molecular formula is C12H7ClF2N2O. The van der Waals surface area contributed by atoms with Crippen LogP contribution < -0.4 is 5.32 Å². The highest BCUT2D eigenvalue weighted by atomic mass is 35.5. The summed E-state index contributed by atoms with van der Waals surface area (Å²) >= 11 is 5.68. The second kappa shape index (κ2) is 5.10. The first-order chi connectivity index (χ1) is 8.58. The van der Waals surface area contributed by atoms with Crippen LogP contribution in [-0.2, 0) is 0 Å². The fourth-order valence-corrected chi connectivity index (χ4v) is 1.57. The van der Waals surface area contributed by atoms with E-state index in [4.69, 9.17) is 11.6 Å². The van der Waals surface area contributed by atoms with Crippen molar-refractivity contribution >= 4 is 23.2 Å². The third-order valence-electron chi connectivity index (χ3n) is 2.19. The maximum Gasteiger partial charge on any atom is 0.257 e. The van der Waals surface area contributed by atoms with E-state index in [2.05, 4.69) is 10.3 Å². The standard InChI is InChI=1S/C12H7ClF2N2O/c13-9-6-11(15)10(14)5-8(9)12(18)17-7-1-3-16-4-2-7/h1-6H,(H,16,17,18). The van der Waals surface area contributed by atoms with Crippen LogP contribution in [0.15, 0.2) is 36.7 Å². The SMILES string of the molecule is O=C(Nc1ccncc1)c1cc(F)c(F)cc1Cl. The third-order valence-corrected chi connectivity index (χ3v) is 2.51. The molecular weight excluding hydrogens is 262 g/mol. The Balaban J connectivity index is 2.27. The highest BCUT2D eigenvalue weighted by Crippen LogP contribution is 2.21. The summed E-state index contributed by atoms with van der Waals surface area (Å²) in [5.41, 5.74) is 0.350. The fourth-order valence-electron chi connectivity index (χ4n) is 1.33. The second-order valence-corrected chi connectivity index (χ2v) is 3.84. The minimum Gasteiger partial charge on any atom is -0.322 e. The molecule has 2 aromatic rings. The largest absolute Gasteiger partial charge is 0.322 e. The molecule has 0 bridgehead atoms. The van der Waals surface area contributed by atoms with Crippen molar-refractivity contribution in [1.82, 2.24) is 4.98 Å². The van der Waals surface area contributed by atoms with E-state index in [1.54, 1.807) is 12.1 Å². The summed E-state index contributed by atoms with van der Waals surface area (Å²) in [6.07, 6.45) is 2.98. The summed E-state index contributed by atoms with van der Waals surface area (Å²) in [6, 6.07) is 4.64. The lowest BCUT2D eigenvalue weighted by Gasteiger charge is -2.06. The Hall–Kier alpha value is -2.01. The monoisotopic (exact) mass is 268 g/mol. The predicted octanol–water partition coefficient (Wildman–Crippen LogP) is 3.27. The van der Waals surface area contributed by atoms with Gasteiger partial charge in [0.2, 0.25) is 0 Å². The van der Waals surface area contributed by atoms with E-state index in [0.29, 0.717) is 5.69 Å². The van der Waals surface area contributed by atoms with Gasteiger partial charge in [-0.25, -0.2) is 8.78 Å². The van der Waals surface area contributed by atoms with Crippen molar-refractivity contribution in [3.63, 3.8) is 0 Å².